The monoisotopic (exact) mass is 253 g/mol. The standard InChI is InChI=1S/C11H8FNOS2/c1-6(7-2-4-8(12)5-3-7)9-10(14)13-11(15)16-9/h2-5H,1H3,(H,13,14,15)/b9-6-. The third-order valence-corrected chi connectivity index (χ3v) is 3.57. The summed E-state index contributed by atoms with van der Waals surface area (Å²) in [6.07, 6.45) is 0. The fraction of sp³-hybridized carbons (Fsp3) is 0.0909. The van der Waals surface area contributed by atoms with Gasteiger partial charge < -0.3 is 5.32 Å². The predicted octanol–water partition coefficient (Wildman–Crippen LogP) is 2.70. The van der Waals surface area contributed by atoms with E-state index in [1.54, 1.807) is 12.1 Å². The Hall–Kier alpha value is -1.20. The first kappa shape index (κ1) is 11.3. The van der Waals surface area contributed by atoms with Gasteiger partial charge in [-0.1, -0.05) is 36.1 Å². The van der Waals surface area contributed by atoms with E-state index < -0.39 is 0 Å². The Morgan fingerprint density at radius 2 is 2.00 bits per heavy atom. The Morgan fingerprint density at radius 1 is 1.38 bits per heavy atom. The van der Waals surface area contributed by atoms with E-state index in [2.05, 4.69) is 5.32 Å². The zero-order valence-corrected chi connectivity index (χ0v) is 10.0. The van der Waals surface area contributed by atoms with Gasteiger partial charge in [0, 0.05) is 0 Å². The van der Waals surface area contributed by atoms with Crippen LogP contribution in [0.2, 0.25) is 0 Å². The van der Waals surface area contributed by atoms with Gasteiger partial charge in [-0.05, 0) is 30.2 Å². The summed E-state index contributed by atoms with van der Waals surface area (Å²) in [7, 11) is 0. The normalized spacial score (nSPS) is 18.6. The van der Waals surface area contributed by atoms with Crippen LogP contribution >= 0.6 is 24.0 Å². The summed E-state index contributed by atoms with van der Waals surface area (Å²) in [5.74, 6) is -0.475. The number of allylic oxidation sites excluding steroid dienone is 1. The van der Waals surface area contributed by atoms with Crippen LogP contribution in [0.1, 0.15) is 12.5 Å². The van der Waals surface area contributed by atoms with Gasteiger partial charge in [0.25, 0.3) is 5.91 Å². The summed E-state index contributed by atoms with van der Waals surface area (Å²) in [5, 5.41) is 2.55. The maximum absolute atomic E-state index is 12.7. The van der Waals surface area contributed by atoms with Crippen molar-refractivity contribution in [3.63, 3.8) is 0 Å². The number of benzene rings is 1. The number of hydrogen-bond donors (Lipinski definition) is 1. The van der Waals surface area contributed by atoms with Crippen LogP contribution in [0.5, 0.6) is 0 Å². The van der Waals surface area contributed by atoms with Gasteiger partial charge in [0.2, 0.25) is 0 Å². The van der Waals surface area contributed by atoms with Gasteiger partial charge in [0.1, 0.15) is 10.1 Å². The van der Waals surface area contributed by atoms with Gasteiger partial charge >= 0.3 is 0 Å². The van der Waals surface area contributed by atoms with E-state index in [-0.39, 0.29) is 11.7 Å². The van der Waals surface area contributed by atoms with E-state index in [1.807, 2.05) is 6.92 Å². The number of rotatable bonds is 1. The van der Waals surface area contributed by atoms with Gasteiger partial charge in [-0.25, -0.2) is 4.39 Å². The Labute approximate surface area is 102 Å². The van der Waals surface area contributed by atoms with Crippen molar-refractivity contribution in [3.05, 3.63) is 40.6 Å². The molecule has 0 atom stereocenters. The van der Waals surface area contributed by atoms with Gasteiger partial charge in [0.05, 0.1) is 4.91 Å². The van der Waals surface area contributed by atoms with Crippen molar-refractivity contribution in [1.82, 2.24) is 5.32 Å². The van der Waals surface area contributed by atoms with Crippen molar-refractivity contribution in [2.45, 2.75) is 6.92 Å². The summed E-state index contributed by atoms with van der Waals surface area (Å²) in [6, 6.07) is 6.03. The van der Waals surface area contributed by atoms with Crippen LogP contribution in [0, 0.1) is 5.82 Å². The molecule has 5 heteroatoms. The highest BCUT2D eigenvalue weighted by Crippen LogP contribution is 2.31. The minimum atomic E-state index is -0.291. The molecule has 82 valence electrons. The van der Waals surface area contributed by atoms with Crippen molar-refractivity contribution in [2.24, 2.45) is 0 Å². The topological polar surface area (TPSA) is 29.1 Å². The first-order valence-corrected chi connectivity index (χ1v) is 5.80. The molecule has 1 aliphatic heterocycles. The molecule has 0 bridgehead atoms. The Balaban J connectivity index is 2.41. The number of thioether (sulfide) groups is 1. The molecule has 1 fully saturated rings. The number of hydrogen-bond acceptors (Lipinski definition) is 3. The van der Waals surface area contributed by atoms with E-state index in [9.17, 15) is 9.18 Å². The van der Waals surface area contributed by atoms with Crippen LogP contribution in [-0.4, -0.2) is 10.2 Å². The average Bonchev–Trinajstić information content (AvgIpc) is 2.58. The molecule has 1 aromatic rings. The van der Waals surface area contributed by atoms with Gasteiger partial charge in [-0.2, -0.15) is 0 Å². The van der Waals surface area contributed by atoms with E-state index in [4.69, 9.17) is 12.2 Å². The lowest BCUT2D eigenvalue weighted by molar-refractivity contribution is -0.115. The molecule has 0 spiro atoms. The molecule has 1 aliphatic rings. The SMILES string of the molecule is C/C(=C1/SC(=S)NC1=O)c1ccc(F)cc1. The largest absolute Gasteiger partial charge is 0.307 e. The van der Waals surface area contributed by atoms with Crippen LogP contribution in [0.15, 0.2) is 29.2 Å². The Morgan fingerprint density at radius 3 is 2.50 bits per heavy atom. The van der Waals surface area contributed by atoms with E-state index in [0.29, 0.717) is 9.23 Å². The molecule has 2 nitrogen and oxygen atoms in total. The molecule has 2 rings (SSSR count). The van der Waals surface area contributed by atoms with E-state index in [1.165, 1.54) is 23.9 Å². The Bertz CT molecular complexity index is 493. The molecule has 0 radical (unpaired) electrons. The fourth-order valence-corrected chi connectivity index (χ4v) is 2.48. The maximum atomic E-state index is 12.7. The van der Waals surface area contributed by atoms with E-state index >= 15 is 0 Å². The lowest BCUT2D eigenvalue weighted by Crippen LogP contribution is -2.18. The van der Waals surface area contributed by atoms with Gasteiger partial charge in [0.15, 0.2) is 0 Å². The number of nitrogens with one attached hydrogen (secondary N) is 1. The second-order valence-corrected chi connectivity index (χ2v) is 4.99. The summed E-state index contributed by atoms with van der Waals surface area (Å²) in [6.45, 7) is 1.82. The van der Waals surface area contributed by atoms with Crippen molar-refractivity contribution >= 4 is 39.8 Å². The first-order chi connectivity index (χ1) is 7.58. The number of halogens is 1. The molecule has 1 aromatic carbocycles. The minimum absolute atomic E-state index is 0.183. The third-order valence-electron chi connectivity index (χ3n) is 2.23. The summed E-state index contributed by atoms with van der Waals surface area (Å²) in [5.41, 5.74) is 1.63. The minimum Gasteiger partial charge on any atom is -0.307 e. The van der Waals surface area contributed by atoms with Crippen molar-refractivity contribution in [3.8, 4) is 0 Å². The summed E-state index contributed by atoms with van der Waals surface area (Å²) < 4.78 is 13.2. The molecule has 0 unspecified atom stereocenters. The smallest absolute Gasteiger partial charge is 0.263 e. The molecule has 1 saturated heterocycles. The maximum Gasteiger partial charge on any atom is 0.263 e. The van der Waals surface area contributed by atoms with Crippen LogP contribution < -0.4 is 5.32 Å². The zero-order chi connectivity index (χ0) is 11.7. The number of carbonyl (C=O) groups is 1. The van der Waals surface area contributed by atoms with Crippen molar-refractivity contribution in [1.29, 1.82) is 0 Å². The van der Waals surface area contributed by atoms with Crippen molar-refractivity contribution < 1.29 is 9.18 Å². The number of thiocarbonyl (C=S) groups is 1. The van der Waals surface area contributed by atoms with E-state index in [0.717, 1.165) is 11.1 Å². The Kier molecular flexibility index (Phi) is 3.07. The summed E-state index contributed by atoms with van der Waals surface area (Å²) in [4.78, 5) is 12.1. The fourth-order valence-electron chi connectivity index (χ4n) is 1.39. The highest BCUT2D eigenvalue weighted by Gasteiger charge is 2.24. The summed E-state index contributed by atoms with van der Waals surface area (Å²) >= 11 is 6.14. The van der Waals surface area contributed by atoms with Crippen molar-refractivity contribution in [2.75, 3.05) is 0 Å². The molecule has 1 N–H and O–H groups in total. The first-order valence-electron chi connectivity index (χ1n) is 4.58. The molecule has 1 heterocycles. The molecular weight excluding hydrogens is 245 g/mol. The van der Waals surface area contributed by atoms with Crippen LogP contribution in [0.25, 0.3) is 5.57 Å². The van der Waals surface area contributed by atoms with Crippen LogP contribution in [0.3, 0.4) is 0 Å². The van der Waals surface area contributed by atoms with Crippen LogP contribution in [0.4, 0.5) is 4.39 Å². The number of amides is 1. The molecule has 16 heavy (non-hydrogen) atoms. The van der Waals surface area contributed by atoms with Gasteiger partial charge in [-0.15, -0.1) is 0 Å². The molecule has 0 aromatic heterocycles. The highest BCUT2D eigenvalue weighted by atomic mass is 32.2. The highest BCUT2D eigenvalue weighted by molar-refractivity contribution is 8.26. The van der Waals surface area contributed by atoms with Crippen LogP contribution in [-0.2, 0) is 4.79 Å². The lowest BCUT2D eigenvalue weighted by atomic mass is 10.1. The second-order valence-electron chi connectivity index (χ2n) is 3.30. The van der Waals surface area contributed by atoms with Gasteiger partial charge in [-0.3, -0.25) is 4.79 Å². The molecule has 0 aliphatic carbocycles. The zero-order valence-electron chi connectivity index (χ0n) is 8.41. The molecular formula is C11H8FNOS2. The molecule has 1 amide bonds. The lowest BCUT2D eigenvalue weighted by Gasteiger charge is -2.03. The average molecular weight is 253 g/mol. The number of carbonyl (C=O) groups excluding carboxylic acids is 1. The molecule has 0 saturated carbocycles. The second kappa shape index (κ2) is 4.35. The quantitative estimate of drug-likeness (QED) is 0.616. The predicted molar refractivity (Wildman–Crippen MR) is 67.3 cm³/mol. The third kappa shape index (κ3) is 2.15.